The fourth-order valence-corrected chi connectivity index (χ4v) is 4.88. The van der Waals surface area contributed by atoms with Gasteiger partial charge in [-0.15, -0.1) is 0 Å². The normalized spacial score (nSPS) is 23.4. The third kappa shape index (κ3) is 3.97. The first-order chi connectivity index (χ1) is 14.5. The van der Waals surface area contributed by atoms with Crippen molar-refractivity contribution < 1.29 is 19.1 Å². The monoisotopic (exact) mass is 404 g/mol. The van der Waals surface area contributed by atoms with Gasteiger partial charge < -0.3 is 9.47 Å². The van der Waals surface area contributed by atoms with Crippen LogP contribution in [0.4, 0.5) is 0 Å². The zero-order valence-electron chi connectivity index (χ0n) is 17.6. The minimum absolute atomic E-state index is 0.0392. The molecule has 4 rings (SSSR count). The molecular formula is C26H28O4. The number of benzene rings is 2. The number of fused-ring (bicyclic) bond motifs is 1. The summed E-state index contributed by atoms with van der Waals surface area (Å²) in [6, 6.07) is 17.3. The minimum Gasteiger partial charge on any atom is -0.497 e. The number of methoxy groups -OCH3 is 1. The second kappa shape index (κ2) is 8.57. The standard InChI is InChI=1S/C26H28O4/c1-26-14-13-23(27)21(16-24(28)19-9-6-10-20(15-19)29-2)22(26)11-12-25(26)30-17-18-7-4-3-5-8-18/h3-10,15,25H,11-14,16-17H2,1-2H3/t25-,26-/m0/s1. The summed E-state index contributed by atoms with van der Waals surface area (Å²) in [5.74, 6) is 0.721. The third-order valence-electron chi connectivity index (χ3n) is 6.65. The van der Waals surface area contributed by atoms with E-state index in [-0.39, 0.29) is 29.5 Å². The second-order valence-corrected chi connectivity index (χ2v) is 8.45. The lowest BCUT2D eigenvalue weighted by Crippen LogP contribution is -2.35. The zero-order valence-corrected chi connectivity index (χ0v) is 17.6. The maximum Gasteiger partial charge on any atom is 0.167 e. The molecule has 0 unspecified atom stereocenters. The van der Waals surface area contributed by atoms with Crippen LogP contribution in [0.1, 0.15) is 54.9 Å². The molecule has 0 amide bonds. The molecule has 0 aliphatic heterocycles. The van der Waals surface area contributed by atoms with Gasteiger partial charge in [0.05, 0.1) is 19.8 Å². The van der Waals surface area contributed by atoms with Crippen LogP contribution in [0.3, 0.4) is 0 Å². The Balaban J connectivity index is 1.54. The van der Waals surface area contributed by atoms with Gasteiger partial charge in [-0.2, -0.15) is 0 Å². The van der Waals surface area contributed by atoms with Crippen LogP contribution in [-0.4, -0.2) is 24.8 Å². The van der Waals surface area contributed by atoms with Gasteiger partial charge in [0.25, 0.3) is 0 Å². The Labute approximate surface area is 177 Å². The van der Waals surface area contributed by atoms with Crippen molar-refractivity contribution in [2.75, 3.05) is 7.11 Å². The molecule has 0 aromatic heterocycles. The number of allylic oxidation sites excluding steroid dienone is 1. The number of hydrogen-bond acceptors (Lipinski definition) is 4. The number of hydrogen-bond donors (Lipinski definition) is 0. The van der Waals surface area contributed by atoms with Crippen molar-refractivity contribution in [2.24, 2.45) is 5.41 Å². The van der Waals surface area contributed by atoms with E-state index in [0.717, 1.165) is 30.4 Å². The summed E-state index contributed by atoms with van der Waals surface area (Å²) in [7, 11) is 1.58. The van der Waals surface area contributed by atoms with Crippen molar-refractivity contribution in [3.8, 4) is 5.75 Å². The molecule has 30 heavy (non-hydrogen) atoms. The number of carbonyl (C=O) groups is 2. The highest BCUT2D eigenvalue weighted by Gasteiger charge is 2.48. The van der Waals surface area contributed by atoms with Crippen LogP contribution in [0.25, 0.3) is 0 Å². The average molecular weight is 405 g/mol. The molecule has 4 heteroatoms. The van der Waals surface area contributed by atoms with Crippen LogP contribution in [0.2, 0.25) is 0 Å². The van der Waals surface area contributed by atoms with E-state index >= 15 is 0 Å². The lowest BCUT2D eigenvalue weighted by atomic mass is 9.70. The first-order valence-corrected chi connectivity index (χ1v) is 10.6. The van der Waals surface area contributed by atoms with Crippen LogP contribution >= 0.6 is 0 Å². The van der Waals surface area contributed by atoms with E-state index in [0.29, 0.717) is 29.9 Å². The molecule has 156 valence electrons. The van der Waals surface area contributed by atoms with Crippen LogP contribution in [0, 0.1) is 5.41 Å². The molecule has 0 spiro atoms. The lowest BCUT2D eigenvalue weighted by molar-refractivity contribution is -0.117. The molecule has 2 aliphatic rings. The number of ketones is 2. The van der Waals surface area contributed by atoms with Gasteiger partial charge in [-0.25, -0.2) is 0 Å². The largest absolute Gasteiger partial charge is 0.497 e. The number of Topliss-reactive ketones (excluding diaryl/α,β-unsaturated/α-hetero) is 2. The Bertz CT molecular complexity index is 976. The average Bonchev–Trinajstić information content (AvgIpc) is 3.11. The van der Waals surface area contributed by atoms with Crippen molar-refractivity contribution >= 4 is 11.6 Å². The Hall–Kier alpha value is -2.72. The Morgan fingerprint density at radius 3 is 2.67 bits per heavy atom. The fourth-order valence-electron chi connectivity index (χ4n) is 4.88. The highest BCUT2D eigenvalue weighted by Crippen LogP contribution is 2.52. The van der Waals surface area contributed by atoms with Gasteiger partial charge in [-0.05, 0) is 37.0 Å². The van der Waals surface area contributed by atoms with Gasteiger partial charge in [-0.1, -0.05) is 55.0 Å². The molecule has 4 nitrogen and oxygen atoms in total. The van der Waals surface area contributed by atoms with Gasteiger partial charge in [0.15, 0.2) is 11.6 Å². The minimum atomic E-state index is -0.174. The molecule has 0 radical (unpaired) electrons. The van der Waals surface area contributed by atoms with E-state index in [1.165, 1.54) is 0 Å². The highest BCUT2D eigenvalue weighted by molar-refractivity contribution is 6.07. The first kappa shape index (κ1) is 20.5. The molecule has 2 aromatic carbocycles. The van der Waals surface area contributed by atoms with E-state index in [1.807, 2.05) is 24.3 Å². The van der Waals surface area contributed by atoms with Crippen molar-refractivity contribution in [3.05, 3.63) is 76.9 Å². The zero-order chi connectivity index (χ0) is 21.1. The number of rotatable bonds is 7. The summed E-state index contributed by atoms with van der Waals surface area (Å²) < 4.78 is 11.5. The van der Waals surface area contributed by atoms with Crippen molar-refractivity contribution in [3.63, 3.8) is 0 Å². The Morgan fingerprint density at radius 1 is 1.10 bits per heavy atom. The summed E-state index contributed by atoms with van der Waals surface area (Å²) in [6.45, 7) is 2.77. The van der Waals surface area contributed by atoms with Gasteiger partial charge in [0.1, 0.15) is 5.75 Å². The lowest BCUT2D eigenvalue weighted by Gasteiger charge is -2.37. The van der Waals surface area contributed by atoms with Gasteiger partial charge >= 0.3 is 0 Å². The number of ether oxygens (including phenoxy) is 2. The summed E-state index contributed by atoms with van der Waals surface area (Å²) in [5.41, 5.74) is 3.40. The van der Waals surface area contributed by atoms with Gasteiger partial charge in [-0.3, -0.25) is 9.59 Å². The molecule has 0 saturated heterocycles. The molecule has 1 fully saturated rings. The summed E-state index contributed by atoms with van der Waals surface area (Å²) in [5, 5.41) is 0. The molecule has 2 aliphatic carbocycles. The van der Waals surface area contributed by atoms with E-state index in [4.69, 9.17) is 9.47 Å². The third-order valence-corrected chi connectivity index (χ3v) is 6.65. The Morgan fingerprint density at radius 2 is 1.90 bits per heavy atom. The maximum absolute atomic E-state index is 12.9. The Kier molecular flexibility index (Phi) is 5.87. The highest BCUT2D eigenvalue weighted by atomic mass is 16.5. The smallest absolute Gasteiger partial charge is 0.167 e. The summed E-state index contributed by atoms with van der Waals surface area (Å²) >= 11 is 0. The topological polar surface area (TPSA) is 52.6 Å². The van der Waals surface area contributed by atoms with E-state index in [2.05, 4.69) is 19.1 Å². The van der Waals surface area contributed by atoms with Crippen LogP contribution in [0.15, 0.2) is 65.7 Å². The van der Waals surface area contributed by atoms with Gasteiger partial charge in [0, 0.05) is 29.4 Å². The van der Waals surface area contributed by atoms with E-state index in [9.17, 15) is 9.59 Å². The predicted molar refractivity (Wildman–Crippen MR) is 116 cm³/mol. The molecule has 2 atom stereocenters. The van der Waals surface area contributed by atoms with Crippen molar-refractivity contribution in [2.45, 2.75) is 51.7 Å². The molecule has 0 heterocycles. The molecule has 0 N–H and O–H groups in total. The first-order valence-electron chi connectivity index (χ1n) is 10.6. The van der Waals surface area contributed by atoms with Crippen molar-refractivity contribution in [1.29, 1.82) is 0 Å². The van der Waals surface area contributed by atoms with E-state index in [1.54, 1.807) is 25.3 Å². The summed E-state index contributed by atoms with van der Waals surface area (Å²) in [6.07, 6.45) is 3.21. The SMILES string of the molecule is COc1cccc(C(=O)CC2=C3CC[C@H](OCc4ccccc4)[C@@]3(C)CCC2=O)c1. The van der Waals surface area contributed by atoms with Crippen LogP contribution in [-0.2, 0) is 16.1 Å². The fraction of sp³-hybridized carbons (Fsp3) is 0.385. The second-order valence-electron chi connectivity index (χ2n) is 8.45. The van der Waals surface area contributed by atoms with E-state index < -0.39 is 0 Å². The van der Waals surface area contributed by atoms with Crippen LogP contribution < -0.4 is 4.74 Å². The molecule has 0 bridgehead atoms. The van der Waals surface area contributed by atoms with Gasteiger partial charge in [0.2, 0.25) is 0 Å². The molecule has 2 aromatic rings. The predicted octanol–water partition coefficient (Wildman–Crippen LogP) is 5.31. The number of carbonyl (C=O) groups excluding carboxylic acids is 2. The molecule has 1 saturated carbocycles. The van der Waals surface area contributed by atoms with Crippen molar-refractivity contribution in [1.82, 2.24) is 0 Å². The van der Waals surface area contributed by atoms with Crippen LogP contribution in [0.5, 0.6) is 5.75 Å². The maximum atomic E-state index is 12.9. The quantitative estimate of drug-likeness (QED) is 0.587. The molecular weight excluding hydrogens is 376 g/mol. The summed E-state index contributed by atoms with van der Waals surface area (Å²) in [4.78, 5) is 25.7.